The second-order valence-corrected chi connectivity index (χ2v) is 10.1. The van der Waals surface area contributed by atoms with Crippen molar-refractivity contribution in [2.75, 3.05) is 13.2 Å². The number of rotatable bonds is 12. The Morgan fingerprint density at radius 2 is 1.65 bits per heavy atom. The zero-order valence-corrected chi connectivity index (χ0v) is 22.9. The van der Waals surface area contributed by atoms with Crippen LogP contribution in [0.25, 0.3) is 10.9 Å². The summed E-state index contributed by atoms with van der Waals surface area (Å²) in [5.74, 6) is 0.617. The van der Waals surface area contributed by atoms with Crippen LogP contribution in [0.5, 0.6) is 5.75 Å². The predicted octanol–water partition coefficient (Wildman–Crippen LogP) is 5.10. The molecular formula is C30H41N3O4. The summed E-state index contributed by atoms with van der Waals surface area (Å²) in [6.45, 7) is 13.1. The quantitative estimate of drug-likeness (QED) is 0.343. The SMILES string of the molecule is CCOC(OCC)[C@H](C)N(Cc1cccc2cccnc12)C(=O)[C@@H](N)Cc1ccc(OC(C)(C)C)cc1. The topological polar surface area (TPSA) is 86.9 Å². The standard InChI is InChI=1S/C30H41N3O4/c1-7-35-29(36-8-2)21(3)33(20-24-12-9-11-23-13-10-18-32-27(23)24)28(34)26(31)19-22-14-16-25(17-15-22)37-30(4,5)6/h9-18,21,26,29H,7-8,19-20,31H2,1-6H3/t21-,26-/m0/s1. The van der Waals surface area contributed by atoms with Crippen LogP contribution in [0.4, 0.5) is 0 Å². The van der Waals surface area contributed by atoms with Crippen molar-refractivity contribution in [2.24, 2.45) is 5.73 Å². The molecule has 0 aliphatic carbocycles. The first kappa shape index (κ1) is 28.6. The van der Waals surface area contributed by atoms with Gasteiger partial charge in [-0.2, -0.15) is 0 Å². The minimum Gasteiger partial charge on any atom is -0.488 e. The Bertz CT molecular complexity index is 1130. The molecule has 0 aliphatic heterocycles. The van der Waals surface area contributed by atoms with Crippen LogP contribution in [0.2, 0.25) is 0 Å². The molecule has 1 amide bonds. The van der Waals surface area contributed by atoms with Crippen LogP contribution in [0.1, 0.15) is 52.7 Å². The fraction of sp³-hybridized carbons (Fsp3) is 0.467. The van der Waals surface area contributed by atoms with Crippen molar-refractivity contribution in [3.05, 3.63) is 71.9 Å². The van der Waals surface area contributed by atoms with Gasteiger partial charge in [0.1, 0.15) is 11.4 Å². The van der Waals surface area contributed by atoms with Crippen molar-refractivity contribution < 1.29 is 19.0 Å². The summed E-state index contributed by atoms with van der Waals surface area (Å²) in [5.41, 5.74) is 9.02. The Kier molecular flexibility index (Phi) is 10.0. The maximum Gasteiger partial charge on any atom is 0.240 e. The van der Waals surface area contributed by atoms with Crippen LogP contribution in [-0.2, 0) is 27.2 Å². The van der Waals surface area contributed by atoms with Gasteiger partial charge >= 0.3 is 0 Å². The van der Waals surface area contributed by atoms with Gasteiger partial charge in [-0.3, -0.25) is 9.78 Å². The Hall–Kier alpha value is -3.00. The lowest BCUT2D eigenvalue weighted by Gasteiger charge is -2.36. The zero-order chi connectivity index (χ0) is 27.0. The van der Waals surface area contributed by atoms with Gasteiger partial charge in [-0.25, -0.2) is 0 Å². The molecular weight excluding hydrogens is 466 g/mol. The molecule has 2 aromatic carbocycles. The summed E-state index contributed by atoms with van der Waals surface area (Å²) in [7, 11) is 0. The molecule has 1 aromatic heterocycles. The summed E-state index contributed by atoms with van der Waals surface area (Å²) in [6.07, 6.45) is 1.60. The fourth-order valence-corrected chi connectivity index (χ4v) is 4.30. The fourth-order valence-electron chi connectivity index (χ4n) is 4.30. The first-order valence-corrected chi connectivity index (χ1v) is 13.0. The number of nitrogens with two attached hydrogens (primary N) is 1. The second-order valence-electron chi connectivity index (χ2n) is 10.1. The van der Waals surface area contributed by atoms with Gasteiger partial charge in [0.25, 0.3) is 0 Å². The first-order chi connectivity index (χ1) is 17.6. The number of carbonyl (C=O) groups is 1. The molecule has 2 N–H and O–H groups in total. The smallest absolute Gasteiger partial charge is 0.240 e. The van der Waals surface area contributed by atoms with Gasteiger partial charge in [0.2, 0.25) is 5.91 Å². The Morgan fingerprint density at radius 1 is 1.00 bits per heavy atom. The van der Waals surface area contributed by atoms with Crippen LogP contribution in [0, 0.1) is 0 Å². The van der Waals surface area contributed by atoms with E-state index in [4.69, 9.17) is 19.9 Å². The number of pyridine rings is 1. The molecule has 0 radical (unpaired) electrons. The maximum absolute atomic E-state index is 13.8. The summed E-state index contributed by atoms with van der Waals surface area (Å²) in [5, 5.41) is 1.02. The summed E-state index contributed by atoms with van der Waals surface area (Å²) in [6, 6.07) is 16.6. The van der Waals surface area contributed by atoms with Crippen LogP contribution in [0.15, 0.2) is 60.8 Å². The van der Waals surface area contributed by atoms with Gasteiger partial charge in [0, 0.05) is 31.3 Å². The van der Waals surface area contributed by atoms with E-state index in [1.807, 2.05) is 96.1 Å². The van der Waals surface area contributed by atoms with E-state index >= 15 is 0 Å². The Morgan fingerprint density at radius 3 is 2.27 bits per heavy atom. The Balaban J connectivity index is 1.85. The van der Waals surface area contributed by atoms with E-state index in [9.17, 15) is 4.79 Å². The first-order valence-electron chi connectivity index (χ1n) is 13.0. The van der Waals surface area contributed by atoms with E-state index in [1.54, 1.807) is 11.1 Å². The molecule has 0 saturated carbocycles. The van der Waals surface area contributed by atoms with Crippen LogP contribution in [0.3, 0.4) is 0 Å². The third-order valence-electron chi connectivity index (χ3n) is 6.01. The van der Waals surface area contributed by atoms with Crippen LogP contribution in [-0.4, -0.2) is 53.0 Å². The van der Waals surface area contributed by atoms with Crippen LogP contribution < -0.4 is 10.5 Å². The largest absolute Gasteiger partial charge is 0.488 e. The van der Waals surface area contributed by atoms with E-state index in [0.717, 1.165) is 27.8 Å². The van der Waals surface area contributed by atoms with E-state index in [0.29, 0.717) is 26.2 Å². The molecule has 1 heterocycles. The molecule has 0 aliphatic rings. The molecule has 37 heavy (non-hydrogen) atoms. The van der Waals surface area contributed by atoms with Crippen molar-refractivity contribution in [2.45, 2.75) is 78.5 Å². The molecule has 200 valence electrons. The number of para-hydroxylation sites is 1. The number of amides is 1. The molecule has 0 saturated heterocycles. The minimum atomic E-state index is -0.733. The monoisotopic (exact) mass is 507 g/mol. The van der Waals surface area contributed by atoms with Gasteiger partial charge in [-0.05, 0) is 77.3 Å². The lowest BCUT2D eigenvalue weighted by atomic mass is 10.0. The maximum atomic E-state index is 13.8. The lowest BCUT2D eigenvalue weighted by molar-refractivity contribution is -0.179. The summed E-state index contributed by atoms with van der Waals surface area (Å²) >= 11 is 0. The highest BCUT2D eigenvalue weighted by molar-refractivity contribution is 5.84. The number of ether oxygens (including phenoxy) is 3. The molecule has 0 fully saturated rings. The lowest BCUT2D eigenvalue weighted by Crippen LogP contribution is -2.52. The normalized spacial score (nSPS) is 13.5. The van der Waals surface area contributed by atoms with Crippen molar-refractivity contribution in [1.82, 2.24) is 9.88 Å². The number of nitrogens with zero attached hydrogens (tertiary/aromatic N) is 2. The molecule has 3 aromatic rings. The molecule has 2 atom stereocenters. The number of hydrogen-bond acceptors (Lipinski definition) is 6. The zero-order valence-electron chi connectivity index (χ0n) is 22.9. The highest BCUT2D eigenvalue weighted by Crippen LogP contribution is 2.23. The molecule has 7 nitrogen and oxygen atoms in total. The average Bonchev–Trinajstić information content (AvgIpc) is 2.86. The van der Waals surface area contributed by atoms with Gasteiger partial charge in [0.15, 0.2) is 6.29 Å². The number of aromatic nitrogens is 1. The number of hydrogen-bond donors (Lipinski definition) is 1. The molecule has 7 heteroatoms. The third-order valence-corrected chi connectivity index (χ3v) is 6.01. The number of benzene rings is 2. The van der Waals surface area contributed by atoms with Crippen molar-refractivity contribution in [3.8, 4) is 5.75 Å². The number of fused-ring (bicyclic) bond motifs is 1. The van der Waals surface area contributed by atoms with E-state index in [2.05, 4.69) is 4.98 Å². The van der Waals surface area contributed by atoms with E-state index < -0.39 is 12.3 Å². The molecule has 0 unspecified atom stereocenters. The van der Waals surface area contributed by atoms with Crippen LogP contribution >= 0.6 is 0 Å². The highest BCUT2D eigenvalue weighted by atomic mass is 16.7. The van der Waals surface area contributed by atoms with Gasteiger partial charge < -0.3 is 24.8 Å². The predicted molar refractivity (Wildman–Crippen MR) is 147 cm³/mol. The van der Waals surface area contributed by atoms with E-state index in [-0.39, 0.29) is 17.6 Å². The average molecular weight is 508 g/mol. The molecule has 0 spiro atoms. The number of carbonyl (C=O) groups excluding carboxylic acids is 1. The molecule has 3 rings (SSSR count). The van der Waals surface area contributed by atoms with Crippen molar-refractivity contribution >= 4 is 16.8 Å². The molecule has 0 bridgehead atoms. The minimum absolute atomic E-state index is 0.167. The summed E-state index contributed by atoms with van der Waals surface area (Å²) < 4.78 is 17.6. The highest BCUT2D eigenvalue weighted by Gasteiger charge is 2.32. The Labute approximate surface area is 220 Å². The second kappa shape index (κ2) is 13.0. The van der Waals surface area contributed by atoms with Crippen molar-refractivity contribution in [1.29, 1.82) is 0 Å². The van der Waals surface area contributed by atoms with Crippen molar-refractivity contribution in [3.63, 3.8) is 0 Å². The van der Waals surface area contributed by atoms with E-state index in [1.165, 1.54) is 0 Å². The van der Waals surface area contributed by atoms with Gasteiger partial charge in [0.05, 0.1) is 17.6 Å². The summed E-state index contributed by atoms with van der Waals surface area (Å²) in [4.78, 5) is 20.2. The van der Waals surface area contributed by atoms with Gasteiger partial charge in [-0.1, -0.05) is 36.4 Å². The third kappa shape index (κ3) is 7.99. The van der Waals surface area contributed by atoms with Gasteiger partial charge in [-0.15, -0.1) is 0 Å².